The van der Waals surface area contributed by atoms with Crippen molar-refractivity contribution in [1.82, 2.24) is 4.90 Å². The smallest absolute Gasteiger partial charge is 0.241 e. The van der Waals surface area contributed by atoms with E-state index in [-0.39, 0.29) is 18.3 Å². The highest BCUT2D eigenvalue weighted by molar-refractivity contribution is 5.81. The van der Waals surface area contributed by atoms with Crippen LogP contribution >= 0.6 is 0 Å². The van der Waals surface area contributed by atoms with E-state index in [1.807, 2.05) is 17.0 Å². The average Bonchev–Trinajstić information content (AvgIpc) is 2.72. The molecule has 1 aliphatic heterocycles. The van der Waals surface area contributed by atoms with E-state index >= 15 is 0 Å². The predicted molar refractivity (Wildman–Crippen MR) is 103 cm³/mol. The Balaban J connectivity index is 1.52. The molecule has 1 amide bonds. The molecule has 2 aromatic carbocycles. The number of nitrogens with one attached hydrogen (secondary N) is 1. The molecular formula is C20H24FN3O3. The van der Waals surface area contributed by atoms with Gasteiger partial charge in [0.05, 0.1) is 26.5 Å². The van der Waals surface area contributed by atoms with Crippen molar-refractivity contribution in [3.63, 3.8) is 0 Å². The van der Waals surface area contributed by atoms with Gasteiger partial charge in [-0.1, -0.05) is 12.1 Å². The van der Waals surface area contributed by atoms with Gasteiger partial charge in [0.15, 0.2) is 11.5 Å². The van der Waals surface area contributed by atoms with Gasteiger partial charge in [0.25, 0.3) is 0 Å². The fourth-order valence-electron chi connectivity index (χ4n) is 3.14. The Morgan fingerprint density at radius 2 is 1.74 bits per heavy atom. The number of hydrogen-bond donors (Lipinski definition) is 1. The summed E-state index contributed by atoms with van der Waals surface area (Å²) in [6.07, 6.45) is 0. The Morgan fingerprint density at radius 3 is 2.41 bits per heavy atom. The van der Waals surface area contributed by atoms with E-state index in [2.05, 4.69) is 5.32 Å². The fraction of sp³-hybridized carbons (Fsp3) is 0.350. The molecule has 6 nitrogen and oxygen atoms in total. The summed E-state index contributed by atoms with van der Waals surface area (Å²) in [6.45, 7) is 2.56. The maximum atomic E-state index is 13.9. The van der Waals surface area contributed by atoms with E-state index in [4.69, 9.17) is 9.47 Å². The Labute approximate surface area is 158 Å². The van der Waals surface area contributed by atoms with Crippen LogP contribution in [-0.2, 0) is 4.79 Å². The Morgan fingerprint density at radius 1 is 1.04 bits per heavy atom. The summed E-state index contributed by atoms with van der Waals surface area (Å²) >= 11 is 0. The molecule has 0 radical (unpaired) electrons. The molecule has 1 heterocycles. The minimum Gasteiger partial charge on any atom is -0.493 e. The van der Waals surface area contributed by atoms with Gasteiger partial charge in [0, 0.05) is 37.9 Å². The molecule has 0 spiro atoms. The van der Waals surface area contributed by atoms with E-state index in [0.29, 0.717) is 43.4 Å². The minimum atomic E-state index is -0.229. The molecule has 7 heteroatoms. The zero-order valence-corrected chi connectivity index (χ0v) is 15.6. The Hall–Kier alpha value is -2.96. The number of ether oxygens (including phenoxy) is 2. The quantitative estimate of drug-likeness (QED) is 0.844. The molecular weight excluding hydrogens is 349 g/mol. The molecule has 27 heavy (non-hydrogen) atoms. The molecule has 2 aromatic rings. The molecule has 0 unspecified atom stereocenters. The van der Waals surface area contributed by atoms with Crippen molar-refractivity contribution in [3.05, 3.63) is 48.3 Å². The van der Waals surface area contributed by atoms with Crippen LogP contribution in [0.1, 0.15) is 0 Å². The minimum absolute atomic E-state index is 0.0120. The number of methoxy groups -OCH3 is 2. The SMILES string of the molecule is COc1ccc(NCC(=O)N2CCN(c3ccccc3F)CC2)cc1OC. The van der Waals surface area contributed by atoms with Crippen LogP contribution in [0.5, 0.6) is 11.5 Å². The van der Waals surface area contributed by atoms with Crippen LogP contribution in [0.2, 0.25) is 0 Å². The van der Waals surface area contributed by atoms with Crippen molar-refractivity contribution in [2.75, 3.05) is 57.2 Å². The molecule has 0 saturated carbocycles. The van der Waals surface area contributed by atoms with Crippen LogP contribution in [0.4, 0.5) is 15.8 Å². The second-order valence-electron chi connectivity index (χ2n) is 6.24. The second-order valence-corrected chi connectivity index (χ2v) is 6.24. The summed E-state index contributed by atoms with van der Waals surface area (Å²) in [5, 5.41) is 3.12. The van der Waals surface area contributed by atoms with Gasteiger partial charge in [-0.15, -0.1) is 0 Å². The van der Waals surface area contributed by atoms with E-state index in [0.717, 1.165) is 5.69 Å². The van der Waals surface area contributed by atoms with Gasteiger partial charge in [0.2, 0.25) is 5.91 Å². The summed E-state index contributed by atoms with van der Waals surface area (Å²) in [5.74, 6) is 1.03. The van der Waals surface area contributed by atoms with Gasteiger partial charge in [-0.05, 0) is 24.3 Å². The van der Waals surface area contributed by atoms with E-state index in [1.165, 1.54) is 6.07 Å². The first-order valence-corrected chi connectivity index (χ1v) is 8.85. The molecule has 1 saturated heterocycles. The van der Waals surface area contributed by atoms with Crippen LogP contribution in [0, 0.1) is 5.82 Å². The number of amides is 1. The third kappa shape index (κ3) is 4.42. The lowest BCUT2D eigenvalue weighted by atomic mass is 10.2. The van der Waals surface area contributed by atoms with Crippen molar-refractivity contribution in [1.29, 1.82) is 0 Å². The first-order chi connectivity index (χ1) is 13.1. The van der Waals surface area contributed by atoms with Crippen molar-refractivity contribution < 1.29 is 18.7 Å². The first-order valence-electron chi connectivity index (χ1n) is 8.85. The number of halogens is 1. The Kier molecular flexibility index (Phi) is 6.01. The molecule has 1 fully saturated rings. The first kappa shape index (κ1) is 18.8. The maximum absolute atomic E-state index is 13.9. The second kappa shape index (κ2) is 8.62. The number of carbonyl (C=O) groups excluding carboxylic acids is 1. The lowest BCUT2D eigenvalue weighted by Gasteiger charge is -2.36. The van der Waals surface area contributed by atoms with Gasteiger partial charge < -0.3 is 24.6 Å². The van der Waals surface area contributed by atoms with E-state index in [1.54, 1.807) is 43.4 Å². The van der Waals surface area contributed by atoms with Gasteiger partial charge in [-0.2, -0.15) is 0 Å². The predicted octanol–water partition coefficient (Wildman–Crippen LogP) is 2.60. The number of benzene rings is 2. The lowest BCUT2D eigenvalue weighted by Crippen LogP contribution is -2.50. The molecule has 1 N–H and O–H groups in total. The molecule has 0 aliphatic carbocycles. The van der Waals surface area contributed by atoms with Crippen molar-refractivity contribution in [3.8, 4) is 11.5 Å². The van der Waals surface area contributed by atoms with Gasteiger partial charge >= 0.3 is 0 Å². The molecule has 0 atom stereocenters. The highest BCUT2D eigenvalue weighted by Crippen LogP contribution is 2.29. The van der Waals surface area contributed by atoms with Crippen LogP contribution in [0.25, 0.3) is 0 Å². The summed E-state index contributed by atoms with van der Waals surface area (Å²) < 4.78 is 24.4. The van der Waals surface area contributed by atoms with Gasteiger partial charge in [-0.3, -0.25) is 4.79 Å². The summed E-state index contributed by atoms with van der Waals surface area (Å²) in [7, 11) is 3.15. The van der Waals surface area contributed by atoms with Crippen LogP contribution in [-0.4, -0.2) is 57.8 Å². The topological polar surface area (TPSA) is 54.0 Å². The number of para-hydroxylation sites is 1. The summed E-state index contributed by atoms with van der Waals surface area (Å²) in [6, 6.07) is 12.2. The van der Waals surface area contributed by atoms with Crippen molar-refractivity contribution in [2.45, 2.75) is 0 Å². The number of anilines is 2. The highest BCUT2D eigenvalue weighted by Gasteiger charge is 2.22. The van der Waals surface area contributed by atoms with E-state index < -0.39 is 0 Å². The van der Waals surface area contributed by atoms with Crippen LogP contribution < -0.4 is 19.7 Å². The van der Waals surface area contributed by atoms with E-state index in [9.17, 15) is 9.18 Å². The van der Waals surface area contributed by atoms with Crippen LogP contribution in [0.15, 0.2) is 42.5 Å². The number of nitrogens with zero attached hydrogens (tertiary/aromatic N) is 2. The molecule has 3 rings (SSSR count). The maximum Gasteiger partial charge on any atom is 0.241 e. The molecule has 0 aromatic heterocycles. The lowest BCUT2D eigenvalue weighted by molar-refractivity contribution is -0.129. The number of piperazine rings is 1. The van der Waals surface area contributed by atoms with Gasteiger partial charge in [0.1, 0.15) is 5.82 Å². The zero-order valence-electron chi connectivity index (χ0n) is 15.6. The Bertz CT molecular complexity index is 792. The largest absolute Gasteiger partial charge is 0.493 e. The third-order valence-electron chi connectivity index (χ3n) is 4.65. The zero-order chi connectivity index (χ0) is 19.2. The van der Waals surface area contributed by atoms with Gasteiger partial charge in [-0.25, -0.2) is 4.39 Å². The van der Waals surface area contributed by atoms with Crippen LogP contribution in [0.3, 0.4) is 0 Å². The fourth-order valence-corrected chi connectivity index (χ4v) is 3.14. The van der Waals surface area contributed by atoms with Crippen molar-refractivity contribution >= 4 is 17.3 Å². The average molecular weight is 373 g/mol. The monoisotopic (exact) mass is 373 g/mol. The standard InChI is InChI=1S/C20H24FN3O3/c1-26-18-8-7-15(13-19(18)27-2)22-14-20(25)24-11-9-23(10-12-24)17-6-4-3-5-16(17)21/h3-8,13,22H,9-12,14H2,1-2H3. The molecule has 1 aliphatic rings. The molecule has 0 bridgehead atoms. The number of hydrogen-bond acceptors (Lipinski definition) is 5. The normalized spacial score (nSPS) is 14.0. The number of rotatable bonds is 6. The van der Waals surface area contributed by atoms with Crippen molar-refractivity contribution in [2.24, 2.45) is 0 Å². The summed E-state index contributed by atoms with van der Waals surface area (Å²) in [4.78, 5) is 16.2. The number of carbonyl (C=O) groups is 1. The highest BCUT2D eigenvalue weighted by atomic mass is 19.1. The molecule has 144 valence electrons. The third-order valence-corrected chi connectivity index (χ3v) is 4.65. The summed E-state index contributed by atoms with van der Waals surface area (Å²) in [5.41, 5.74) is 1.37.